The van der Waals surface area contributed by atoms with E-state index in [1.807, 2.05) is 12.3 Å². The minimum atomic E-state index is -0.431. The number of rotatable bonds is 3. The van der Waals surface area contributed by atoms with Crippen LogP contribution in [0.2, 0.25) is 0 Å². The SMILES string of the molecule is CC(C)Cc1nc([N+](=O)[O-])c2ccccn12. The lowest BCUT2D eigenvalue weighted by atomic mass is 10.1. The van der Waals surface area contributed by atoms with Crippen molar-refractivity contribution in [1.29, 1.82) is 0 Å². The molecule has 0 spiro atoms. The lowest BCUT2D eigenvalue weighted by molar-refractivity contribution is -0.387. The fraction of sp³-hybridized carbons (Fsp3) is 0.364. The molecule has 0 radical (unpaired) electrons. The second-order valence-corrected chi connectivity index (χ2v) is 4.16. The molecule has 0 bridgehead atoms. The van der Waals surface area contributed by atoms with Gasteiger partial charge in [-0.2, -0.15) is 0 Å². The number of hydrogen-bond donors (Lipinski definition) is 0. The first-order chi connectivity index (χ1) is 7.59. The van der Waals surface area contributed by atoms with Gasteiger partial charge < -0.3 is 10.1 Å². The van der Waals surface area contributed by atoms with Gasteiger partial charge in [-0.1, -0.05) is 19.9 Å². The van der Waals surface area contributed by atoms with E-state index in [2.05, 4.69) is 18.8 Å². The molecule has 0 N–H and O–H groups in total. The van der Waals surface area contributed by atoms with Gasteiger partial charge >= 0.3 is 5.82 Å². The van der Waals surface area contributed by atoms with Gasteiger partial charge in [-0.15, -0.1) is 0 Å². The summed E-state index contributed by atoms with van der Waals surface area (Å²) < 4.78 is 1.79. The van der Waals surface area contributed by atoms with E-state index in [1.165, 1.54) is 0 Å². The van der Waals surface area contributed by atoms with Crippen LogP contribution in [-0.2, 0) is 6.42 Å². The zero-order chi connectivity index (χ0) is 11.7. The van der Waals surface area contributed by atoms with Crippen molar-refractivity contribution in [3.05, 3.63) is 40.3 Å². The normalized spacial score (nSPS) is 11.2. The van der Waals surface area contributed by atoms with Crippen LogP contribution < -0.4 is 0 Å². The molecule has 84 valence electrons. The van der Waals surface area contributed by atoms with E-state index in [4.69, 9.17) is 0 Å². The minimum Gasteiger partial charge on any atom is -0.358 e. The third kappa shape index (κ3) is 1.76. The first-order valence-electron chi connectivity index (χ1n) is 5.20. The van der Waals surface area contributed by atoms with Gasteiger partial charge in [0.05, 0.1) is 0 Å². The lowest BCUT2D eigenvalue weighted by Crippen LogP contribution is -1.99. The van der Waals surface area contributed by atoms with Gasteiger partial charge in [0, 0.05) is 12.6 Å². The van der Waals surface area contributed by atoms with Crippen LogP contribution in [0.5, 0.6) is 0 Å². The lowest BCUT2D eigenvalue weighted by Gasteiger charge is -1.99. The summed E-state index contributed by atoms with van der Waals surface area (Å²) in [5.74, 6) is 1.11. The summed E-state index contributed by atoms with van der Waals surface area (Å²) in [5, 5.41) is 10.8. The summed E-state index contributed by atoms with van der Waals surface area (Å²) in [7, 11) is 0. The van der Waals surface area contributed by atoms with E-state index < -0.39 is 4.92 Å². The van der Waals surface area contributed by atoms with Crippen LogP contribution in [0.1, 0.15) is 19.7 Å². The van der Waals surface area contributed by atoms with Crippen molar-refractivity contribution >= 4 is 11.3 Å². The Morgan fingerprint density at radius 1 is 1.50 bits per heavy atom. The van der Waals surface area contributed by atoms with Crippen molar-refractivity contribution in [3.63, 3.8) is 0 Å². The van der Waals surface area contributed by atoms with Crippen LogP contribution >= 0.6 is 0 Å². The minimum absolute atomic E-state index is 0.0590. The molecule has 2 aromatic heterocycles. The Morgan fingerprint density at radius 3 is 2.88 bits per heavy atom. The van der Waals surface area contributed by atoms with Gasteiger partial charge in [0.15, 0.2) is 0 Å². The molecule has 0 aliphatic rings. The van der Waals surface area contributed by atoms with Crippen molar-refractivity contribution in [1.82, 2.24) is 9.38 Å². The number of fused-ring (bicyclic) bond motifs is 1. The van der Waals surface area contributed by atoms with Crippen molar-refractivity contribution < 1.29 is 4.92 Å². The molecule has 0 fully saturated rings. The molecule has 0 atom stereocenters. The molecule has 2 rings (SSSR count). The molecule has 0 saturated carbocycles. The van der Waals surface area contributed by atoms with Gasteiger partial charge in [-0.05, 0) is 28.0 Å². The Kier molecular flexibility index (Phi) is 2.60. The van der Waals surface area contributed by atoms with E-state index in [1.54, 1.807) is 16.5 Å². The highest BCUT2D eigenvalue weighted by molar-refractivity contribution is 5.62. The van der Waals surface area contributed by atoms with E-state index in [-0.39, 0.29) is 5.82 Å². The summed E-state index contributed by atoms with van der Waals surface area (Å²) in [6.07, 6.45) is 2.55. The average molecular weight is 219 g/mol. The zero-order valence-electron chi connectivity index (χ0n) is 9.25. The number of nitrogens with zero attached hydrogens (tertiary/aromatic N) is 3. The van der Waals surface area contributed by atoms with Crippen molar-refractivity contribution in [2.75, 3.05) is 0 Å². The molecule has 5 heteroatoms. The summed E-state index contributed by atoms with van der Waals surface area (Å²) in [6, 6.07) is 5.35. The van der Waals surface area contributed by atoms with Gasteiger partial charge in [-0.3, -0.25) is 4.40 Å². The fourth-order valence-corrected chi connectivity index (χ4v) is 1.73. The molecule has 5 nitrogen and oxygen atoms in total. The van der Waals surface area contributed by atoms with Crippen molar-refractivity contribution in [2.45, 2.75) is 20.3 Å². The first kappa shape index (κ1) is 10.6. The third-order valence-electron chi connectivity index (χ3n) is 2.37. The number of aromatic nitrogens is 2. The summed E-state index contributed by atoms with van der Waals surface area (Å²) in [6.45, 7) is 4.13. The maximum atomic E-state index is 10.8. The number of imidazole rings is 1. The average Bonchev–Trinajstić information content (AvgIpc) is 2.57. The molecule has 2 aromatic rings. The van der Waals surface area contributed by atoms with Gasteiger partial charge in [0.1, 0.15) is 5.52 Å². The molecule has 0 unspecified atom stereocenters. The van der Waals surface area contributed by atoms with Crippen LogP contribution in [0.15, 0.2) is 24.4 Å². The molecule has 0 saturated heterocycles. The second kappa shape index (κ2) is 3.92. The van der Waals surface area contributed by atoms with Crippen LogP contribution in [0.4, 0.5) is 5.82 Å². The van der Waals surface area contributed by atoms with Crippen LogP contribution in [0.3, 0.4) is 0 Å². The number of pyridine rings is 1. The van der Waals surface area contributed by atoms with Gasteiger partial charge in [0.2, 0.25) is 5.82 Å². The van der Waals surface area contributed by atoms with Crippen LogP contribution in [0.25, 0.3) is 5.52 Å². The molecule has 0 aliphatic heterocycles. The van der Waals surface area contributed by atoms with E-state index in [0.29, 0.717) is 11.4 Å². The standard InChI is InChI=1S/C11H13N3O2/c1-8(2)7-10-12-11(14(15)16)9-5-3-4-6-13(9)10/h3-6,8H,7H2,1-2H3. The van der Waals surface area contributed by atoms with Crippen LogP contribution in [-0.4, -0.2) is 14.3 Å². The summed E-state index contributed by atoms with van der Waals surface area (Å²) in [5.41, 5.74) is 0.558. The molecule has 0 aliphatic carbocycles. The molecule has 0 amide bonds. The maximum absolute atomic E-state index is 10.8. The van der Waals surface area contributed by atoms with E-state index in [9.17, 15) is 10.1 Å². The molecular formula is C11H13N3O2. The number of hydrogen-bond acceptors (Lipinski definition) is 3. The Hall–Kier alpha value is -1.91. The number of nitro groups is 1. The quantitative estimate of drug-likeness (QED) is 0.588. The highest BCUT2D eigenvalue weighted by Crippen LogP contribution is 2.21. The smallest absolute Gasteiger partial charge is 0.358 e. The molecule has 2 heterocycles. The molecule has 16 heavy (non-hydrogen) atoms. The first-order valence-corrected chi connectivity index (χ1v) is 5.20. The predicted molar refractivity (Wildman–Crippen MR) is 60.4 cm³/mol. The zero-order valence-corrected chi connectivity index (χ0v) is 9.25. The third-order valence-corrected chi connectivity index (χ3v) is 2.37. The Balaban J connectivity index is 2.62. The van der Waals surface area contributed by atoms with Gasteiger partial charge in [0.25, 0.3) is 0 Å². The maximum Gasteiger partial charge on any atom is 0.389 e. The predicted octanol–water partition coefficient (Wildman–Crippen LogP) is 2.44. The highest BCUT2D eigenvalue weighted by Gasteiger charge is 2.21. The fourth-order valence-electron chi connectivity index (χ4n) is 1.73. The summed E-state index contributed by atoms with van der Waals surface area (Å²) >= 11 is 0. The Labute approximate surface area is 92.9 Å². The van der Waals surface area contributed by atoms with Crippen LogP contribution in [0, 0.1) is 16.0 Å². The van der Waals surface area contributed by atoms with Gasteiger partial charge in [-0.25, -0.2) is 0 Å². The Bertz CT molecular complexity index is 531. The molecular weight excluding hydrogens is 206 g/mol. The summed E-state index contributed by atoms with van der Waals surface area (Å²) in [4.78, 5) is 14.5. The highest BCUT2D eigenvalue weighted by atomic mass is 16.6. The molecule has 0 aromatic carbocycles. The van der Waals surface area contributed by atoms with E-state index >= 15 is 0 Å². The largest absolute Gasteiger partial charge is 0.389 e. The second-order valence-electron chi connectivity index (χ2n) is 4.16. The topological polar surface area (TPSA) is 60.4 Å². The Morgan fingerprint density at radius 2 is 2.25 bits per heavy atom. The van der Waals surface area contributed by atoms with Crippen molar-refractivity contribution in [3.8, 4) is 0 Å². The van der Waals surface area contributed by atoms with E-state index in [0.717, 1.165) is 12.2 Å². The monoisotopic (exact) mass is 219 g/mol. The van der Waals surface area contributed by atoms with Crippen molar-refractivity contribution in [2.24, 2.45) is 5.92 Å².